The molecular weight excluding hydrogens is 259 g/mol. The van der Waals surface area contributed by atoms with Crippen LogP contribution in [0.3, 0.4) is 0 Å². The summed E-state index contributed by atoms with van der Waals surface area (Å²) in [6.07, 6.45) is -4.79. The van der Waals surface area contributed by atoms with Crippen molar-refractivity contribution in [1.82, 2.24) is 5.32 Å². The Balaban J connectivity index is 2.23. The molecule has 19 heavy (non-hydrogen) atoms. The lowest BCUT2D eigenvalue weighted by atomic mass is 10.1. The number of rotatable bonds is 2. The molecule has 0 aliphatic carbocycles. The first-order chi connectivity index (χ1) is 8.99. The van der Waals surface area contributed by atoms with Gasteiger partial charge in [-0.3, -0.25) is 0 Å². The largest absolute Gasteiger partial charge is 0.573 e. The third kappa shape index (κ3) is 3.51. The van der Waals surface area contributed by atoms with Gasteiger partial charge in [-0.25, -0.2) is 0 Å². The van der Waals surface area contributed by atoms with Crippen LogP contribution in [-0.2, 0) is 0 Å². The van der Waals surface area contributed by atoms with Gasteiger partial charge in [-0.1, -0.05) is 0 Å². The van der Waals surface area contributed by atoms with Crippen LogP contribution >= 0.6 is 0 Å². The second-order valence-corrected chi connectivity index (χ2v) is 4.08. The van der Waals surface area contributed by atoms with Gasteiger partial charge >= 0.3 is 6.36 Å². The highest BCUT2D eigenvalue weighted by molar-refractivity contribution is 5.57. The Morgan fingerprint density at radius 1 is 1.26 bits per heavy atom. The van der Waals surface area contributed by atoms with Crippen molar-refractivity contribution in [2.75, 3.05) is 31.1 Å². The van der Waals surface area contributed by atoms with Gasteiger partial charge in [0.05, 0.1) is 5.56 Å². The van der Waals surface area contributed by atoms with Crippen molar-refractivity contribution < 1.29 is 17.9 Å². The number of halogens is 3. The highest BCUT2D eigenvalue weighted by Crippen LogP contribution is 2.29. The Hall–Kier alpha value is -1.94. The molecule has 1 fully saturated rings. The van der Waals surface area contributed by atoms with Crippen LogP contribution in [0, 0.1) is 11.3 Å². The lowest BCUT2D eigenvalue weighted by Crippen LogP contribution is -2.43. The maximum atomic E-state index is 12.2. The zero-order chi connectivity index (χ0) is 13.9. The maximum absolute atomic E-state index is 12.2. The van der Waals surface area contributed by atoms with Crippen LogP contribution in [0.5, 0.6) is 5.75 Å². The molecule has 7 heteroatoms. The number of nitriles is 1. The predicted molar refractivity (Wildman–Crippen MR) is 62.9 cm³/mol. The predicted octanol–water partition coefficient (Wildman–Crippen LogP) is 1.87. The SMILES string of the molecule is N#Cc1cc(N2CCNCC2)ccc1OC(F)(F)F. The van der Waals surface area contributed by atoms with E-state index in [2.05, 4.69) is 10.1 Å². The fraction of sp³-hybridized carbons (Fsp3) is 0.417. The van der Waals surface area contributed by atoms with Crippen LogP contribution < -0.4 is 15.0 Å². The van der Waals surface area contributed by atoms with E-state index in [1.165, 1.54) is 18.2 Å². The molecule has 1 heterocycles. The van der Waals surface area contributed by atoms with E-state index in [1.807, 2.05) is 4.90 Å². The van der Waals surface area contributed by atoms with Gasteiger partial charge in [0, 0.05) is 31.9 Å². The minimum Gasteiger partial charge on any atom is -0.404 e. The smallest absolute Gasteiger partial charge is 0.404 e. The summed E-state index contributed by atoms with van der Waals surface area (Å²) in [5.41, 5.74) is 0.612. The highest BCUT2D eigenvalue weighted by atomic mass is 19.4. The number of ether oxygens (including phenoxy) is 1. The van der Waals surface area contributed by atoms with E-state index in [0.717, 1.165) is 31.9 Å². The number of hydrogen-bond donors (Lipinski definition) is 1. The van der Waals surface area contributed by atoms with E-state index in [0.29, 0.717) is 0 Å². The Morgan fingerprint density at radius 3 is 2.53 bits per heavy atom. The molecule has 1 aliphatic rings. The van der Waals surface area contributed by atoms with Gasteiger partial charge < -0.3 is 15.0 Å². The molecule has 0 amide bonds. The van der Waals surface area contributed by atoms with Crippen LogP contribution in [0.25, 0.3) is 0 Å². The van der Waals surface area contributed by atoms with E-state index in [9.17, 15) is 13.2 Å². The van der Waals surface area contributed by atoms with Gasteiger partial charge in [0.2, 0.25) is 0 Å². The summed E-state index contributed by atoms with van der Waals surface area (Å²) < 4.78 is 40.3. The quantitative estimate of drug-likeness (QED) is 0.892. The van der Waals surface area contributed by atoms with Crippen LogP contribution in [0.1, 0.15) is 5.56 Å². The van der Waals surface area contributed by atoms with Crippen molar-refractivity contribution in [2.24, 2.45) is 0 Å². The fourth-order valence-electron chi connectivity index (χ4n) is 1.94. The normalized spacial score (nSPS) is 16.0. The molecular formula is C12H12F3N3O. The topological polar surface area (TPSA) is 48.3 Å². The third-order valence-corrected chi connectivity index (χ3v) is 2.79. The Morgan fingerprint density at radius 2 is 1.95 bits per heavy atom. The average Bonchev–Trinajstić information content (AvgIpc) is 2.38. The van der Waals surface area contributed by atoms with Gasteiger partial charge in [-0.05, 0) is 18.2 Å². The van der Waals surface area contributed by atoms with Crippen molar-refractivity contribution in [3.05, 3.63) is 23.8 Å². The molecule has 1 saturated heterocycles. The molecule has 102 valence electrons. The van der Waals surface area contributed by atoms with Crippen LogP contribution in [0.4, 0.5) is 18.9 Å². The van der Waals surface area contributed by atoms with Gasteiger partial charge in [0.15, 0.2) is 0 Å². The standard InChI is InChI=1S/C12H12F3N3O/c13-12(14,15)19-11-2-1-10(7-9(11)8-16)18-5-3-17-4-6-18/h1-2,7,17H,3-6H2. The number of nitrogens with one attached hydrogen (secondary N) is 1. The first-order valence-electron chi connectivity index (χ1n) is 5.75. The number of piperazine rings is 1. The maximum Gasteiger partial charge on any atom is 0.573 e. The summed E-state index contributed by atoms with van der Waals surface area (Å²) >= 11 is 0. The molecule has 0 unspecified atom stereocenters. The van der Waals surface area contributed by atoms with Crippen molar-refractivity contribution in [3.63, 3.8) is 0 Å². The monoisotopic (exact) mass is 271 g/mol. The summed E-state index contributed by atoms with van der Waals surface area (Å²) in [6.45, 7) is 3.13. The summed E-state index contributed by atoms with van der Waals surface area (Å²) in [7, 11) is 0. The lowest BCUT2D eigenvalue weighted by molar-refractivity contribution is -0.274. The van der Waals surface area contributed by atoms with Crippen molar-refractivity contribution in [2.45, 2.75) is 6.36 Å². The minimum atomic E-state index is -4.79. The molecule has 2 rings (SSSR count). The molecule has 0 aromatic heterocycles. The van der Waals surface area contributed by atoms with Crippen molar-refractivity contribution in [1.29, 1.82) is 5.26 Å². The van der Waals surface area contributed by atoms with E-state index < -0.39 is 12.1 Å². The Bertz CT molecular complexity index is 490. The van der Waals surface area contributed by atoms with E-state index in [4.69, 9.17) is 5.26 Å². The van der Waals surface area contributed by atoms with Gasteiger partial charge in [-0.15, -0.1) is 13.2 Å². The van der Waals surface area contributed by atoms with E-state index in [-0.39, 0.29) is 5.56 Å². The number of nitrogens with zero attached hydrogens (tertiary/aromatic N) is 2. The fourth-order valence-corrected chi connectivity index (χ4v) is 1.94. The van der Waals surface area contributed by atoms with Gasteiger partial charge in [0.1, 0.15) is 11.8 Å². The minimum absolute atomic E-state index is 0.117. The van der Waals surface area contributed by atoms with Crippen LogP contribution in [0.2, 0.25) is 0 Å². The first-order valence-corrected chi connectivity index (χ1v) is 5.75. The number of alkyl halides is 3. The number of anilines is 1. The number of benzene rings is 1. The summed E-state index contributed by atoms with van der Waals surface area (Å²) in [6, 6.07) is 5.87. The molecule has 1 aromatic carbocycles. The highest BCUT2D eigenvalue weighted by Gasteiger charge is 2.32. The molecule has 1 aliphatic heterocycles. The van der Waals surface area contributed by atoms with Crippen LogP contribution in [0.15, 0.2) is 18.2 Å². The summed E-state index contributed by atoms with van der Waals surface area (Å²) in [5.74, 6) is -0.464. The zero-order valence-corrected chi connectivity index (χ0v) is 10.00. The average molecular weight is 271 g/mol. The summed E-state index contributed by atoms with van der Waals surface area (Å²) in [5, 5.41) is 12.1. The molecule has 1 N–H and O–H groups in total. The second-order valence-electron chi connectivity index (χ2n) is 4.08. The molecule has 0 saturated carbocycles. The molecule has 0 spiro atoms. The van der Waals surface area contributed by atoms with Gasteiger partial charge in [-0.2, -0.15) is 5.26 Å². The van der Waals surface area contributed by atoms with Crippen molar-refractivity contribution in [3.8, 4) is 11.8 Å². The van der Waals surface area contributed by atoms with E-state index in [1.54, 1.807) is 6.07 Å². The Labute approximate surface area is 108 Å². The van der Waals surface area contributed by atoms with Crippen molar-refractivity contribution >= 4 is 5.69 Å². The third-order valence-electron chi connectivity index (χ3n) is 2.79. The molecule has 0 bridgehead atoms. The first kappa shape index (κ1) is 13.5. The Kier molecular flexibility index (Phi) is 3.81. The molecule has 0 radical (unpaired) electrons. The van der Waals surface area contributed by atoms with Crippen LogP contribution in [-0.4, -0.2) is 32.5 Å². The molecule has 1 aromatic rings. The lowest BCUT2D eigenvalue weighted by Gasteiger charge is -2.29. The molecule has 4 nitrogen and oxygen atoms in total. The van der Waals surface area contributed by atoms with Gasteiger partial charge in [0.25, 0.3) is 0 Å². The van der Waals surface area contributed by atoms with E-state index >= 15 is 0 Å². The zero-order valence-electron chi connectivity index (χ0n) is 10.00. The molecule has 0 atom stereocenters. The second kappa shape index (κ2) is 5.36. The summed E-state index contributed by atoms with van der Waals surface area (Å²) in [4.78, 5) is 2.01. The number of hydrogen-bond acceptors (Lipinski definition) is 4.